The van der Waals surface area contributed by atoms with E-state index in [1.807, 2.05) is 6.92 Å². The Labute approximate surface area is 140 Å². The minimum absolute atomic E-state index is 0.0229. The fourth-order valence-corrected chi connectivity index (χ4v) is 4.21. The summed E-state index contributed by atoms with van der Waals surface area (Å²) in [5, 5.41) is 0.678. The topological polar surface area (TPSA) is 78.0 Å². The average molecular weight is 351 g/mol. The number of benzene rings is 1. The van der Waals surface area contributed by atoms with Crippen LogP contribution >= 0.6 is 23.5 Å². The molecule has 2 heterocycles. The summed E-state index contributed by atoms with van der Waals surface area (Å²) in [6, 6.07) is 5.60. The molecule has 1 atom stereocenters. The first-order valence-corrected chi connectivity index (χ1v) is 8.82. The second-order valence-electron chi connectivity index (χ2n) is 5.17. The quantitative estimate of drug-likeness (QED) is 0.673. The van der Waals surface area contributed by atoms with Crippen molar-refractivity contribution in [3.05, 3.63) is 46.1 Å². The van der Waals surface area contributed by atoms with Gasteiger partial charge in [-0.1, -0.05) is 18.7 Å². The number of amides is 1. The van der Waals surface area contributed by atoms with Crippen LogP contribution in [0.4, 0.5) is 4.39 Å². The van der Waals surface area contributed by atoms with Gasteiger partial charge in [0, 0.05) is 11.7 Å². The summed E-state index contributed by atoms with van der Waals surface area (Å²) in [5.74, 6) is -0.849. The van der Waals surface area contributed by atoms with Crippen LogP contribution in [0.2, 0.25) is 0 Å². The molecule has 3 rings (SSSR count). The predicted molar refractivity (Wildman–Crippen MR) is 88.7 cm³/mol. The zero-order chi connectivity index (χ0) is 16.6. The molecule has 0 unspecified atom stereocenters. The second kappa shape index (κ2) is 6.37. The molecule has 0 fully saturated rings. The summed E-state index contributed by atoms with van der Waals surface area (Å²) in [5.41, 5.74) is 6.26. The third kappa shape index (κ3) is 3.28. The molecule has 2 aromatic rings. The summed E-state index contributed by atoms with van der Waals surface area (Å²) >= 11 is 2.60. The summed E-state index contributed by atoms with van der Waals surface area (Å²) in [6.45, 7) is 2.03. The molecule has 1 aliphatic heterocycles. The number of nitrogens with zero attached hydrogens (tertiary/aromatic N) is 2. The number of carbonyl (C=O) groups is 1. The lowest BCUT2D eigenvalue weighted by Gasteiger charge is -2.13. The van der Waals surface area contributed by atoms with Crippen molar-refractivity contribution < 1.29 is 9.18 Å². The van der Waals surface area contributed by atoms with Gasteiger partial charge < -0.3 is 5.73 Å². The Kier molecular flexibility index (Phi) is 4.45. The Hall–Kier alpha value is -1.80. The second-order valence-corrected chi connectivity index (χ2v) is 7.57. The first-order chi connectivity index (χ1) is 11.0. The Balaban J connectivity index is 2.15. The van der Waals surface area contributed by atoms with Crippen LogP contribution in [0.1, 0.15) is 12.6 Å². The number of aromatic nitrogens is 2. The molecule has 23 heavy (non-hydrogen) atoms. The average Bonchev–Trinajstić information content (AvgIpc) is 2.87. The molecule has 0 saturated heterocycles. The van der Waals surface area contributed by atoms with Gasteiger partial charge in [-0.3, -0.25) is 14.2 Å². The van der Waals surface area contributed by atoms with Gasteiger partial charge in [0.2, 0.25) is 5.91 Å². The molecule has 0 spiro atoms. The van der Waals surface area contributed by atoms with Crippen molar-refractivity contribution in [3.63, 3.8) is 0 Å². The third-order valence-corrected chi connectivity index (χ3v) is 5.49. The SMILES string of the molecule is C[C@@H]1Cc2nc(SCC(N)=O)n(-c3ccc(F)cc3)c(=O)c2S1. The van der Waals surface area contributed by atoms with Crippen molar-refractivity contribution in [1.82, 2.24) is 9.55 Å². The standard InChI is InChI=1S/C15H14FN3O2S2/c1-8-6-11-13(23-8)14(21)19(10-4-2-9(16)3-5-10)15(18-11)22-7-12(17)20/h2-5,8H,6-7H2,1H3,(H2,17,20)/t8-/m1/s1. The van der Waals surface area contributed by atoms with E-state index >= 15 is 0 Å². The highest BCUT2D eigenvalue weighted by molar-refractivity contribution is 8.00. The van der Waals surface area contributed by atoms with E-state index in [9.17, 15) is 14.0 Å². The number of fused-ring (bicyclic) bond motifs is 1. The van der Waals surface area contributed by atoms with E-state index in [0.717, 1.165) is 17.5 Å². The van der Waals surface area contributed by atoms with Crippen molar-refractivity contribution in [2.45, 2.75) is 28.6 Å². The number of hydrogen-bond acceptors (Lipinski definition) is 5. The van der Waals surface area contributed by atoms with Crippen LogP contribution in [0.15, 0.2) is 39.1 Å². The van der Waals surface area contributed by atoms with Crippen LogP contribution in [0.3, 0.4) is 0 Å². The van der Waals surface area contributed by atoms with Gasteiger partial charge in [0.1, 0.15) is 5.82 Å². The normalized spacial score (nSPS) is 16.3. The first kappa shape index (κ1) is 16.1. The minimum Gasteiger partial charge on any atom is -0.369 e. The smallest absolute Gasteiger partial charge is 0.272 e. The number of thioether (sulfide) groups is 2. The number of halogens is 1. The molecule has 2 N–H and O–H groups in total. The van der Waals surface area contributed by atoms with Gasteiger partial charge in [-0.05, 0) is 24.3 Å². The summed E-state index contributed by atoms with van der Waals surface area (Å²) in [6.07, 6.45) is 0.712. The number of nitrogens with two attached hydrogens (primary N) is 1. The van der Waals surface area contributed by atoms with Crippen molar-refractivity contribution in [3.8, 4) is 5.69 Å². The van der Waals surface area contributed by atoms with E-state index in [1.54, 1.807) is 0 Å². The molecule has 1 aliphatic rings. The third-order valence-electron chi connectivity index (χ3n) is 3.31. The summed E-state index contributed by atoms with van der Waals surface area (Å²) < 4.78 is 14.6. The zero-order valence-corrected chi connectivity index (χ0v) is 13.9. The maximum Gasteiger partial charge on any atom is 0.272 e. The van der Waals surface area contributed by atoms with Gasteiger partial charge >= 0.3 is 0 Å². The molecule has 0 radical (unpaired) electrons. The molecule has 0 aliphatic carbocycles. The first-order valence-electron chi connectivity index (χ1n) is 6.95. The van der Waals surface area contributed by atoms with E-state index in [-0.39, 0.29) is 22.4 Å². The predicted octanol–water partition coefficient (Wildman–Crippen LogP) is 1.99. The Morgan fingerprint density at radius 1 is 1.48 bits per heavy atom. The lowest BCUT2D eigenvalue weighted by molar-refractivity contribution is -0.115. The molecular weight excluding hydrogens is 337 g/mol. The molecule has 0 bridgehead atoms. The molecule has 1 amide bonds. The maximum absolute atomic E-state index is 13.2. The lowest BCUT2D eigenvalue weighted by atomic mass is 10.2. The van der Waals surface area contributed by atoms with Crippen LogP contribution in [-0.2, 0) is 11.2 Å². The number of carbonyl (C=O) groups excluding carboxylic acids is 1. The van der Waals surface area contributed by atoms with Crippen LogP contribution < -0.4 is 11.3 Å². The summed E-state index contributed by atoms with van der Waals surface area (Å²) in [4.78, 5) is 29.1. The van der Waals surface area contributed by atoms with E-state index in [0.29, 0.717) is 22.2 Å². The van der Waals surface area contributed by atoms with E-state index in [2.05, 4.69) is 4.98 Å². The minimum atomic E-state index is -0.488. The van der Waals surface area contributed by atoms with Gasteiger partial charge in [-0.2, -0.15) is 0 Å². The Morgan fingerprint density at radius 2 is 2.17 bits per heavy atom. The molecule has 1 aromatic carbocycles. The van der Waals surface area contributed by atoms with Gasteiger partial charge in [-0.25, -0.2) is 9.37 Å². The van der Waals surface area contributed by atoms with Crippen LogP contribution in [0.25, 0.3) is 5.69 Å². The summed E-state index contributed by atoms with van der Waals surface area (Å²) in [7, 11) is 0. The van der Waals surface area contributed by atoms with Gasteiger partial charge in [0.25, 0.3) is 5.56 Å². The molecule has 8 heteroatoms. The van der Waals surface area contributed by atoms with Gasteiger partial charge in [0.15, 0.2) is 5.16 Å². The molecule has 1 aromatic heterocycles. The van der Waals surface area contributed by atoms with Crippen molar-refractivity contribution in [2.24, 2.45) is 5.73 Å². The number of rotatable bonds is 4. The van der Waals surface area contributed by atoms with E-state index in [4.69, 9.17) is 5.73 Å². The highest BCUT2D eigenvalue weighted by Crippen LogP contribution is 2.34. The monoisotopic (exact) mass is 351 g/mol. The van der Waals surface area contributed by atoms with Crippen LogP contribution in [0, 0.1) is 5.82 Å². The van der Waals surface area contributed by atoms with Crippen LogP contribution in [-0.4, -0.2) is 26.5 Å². The maximum atomic E-state index is 13.2. The zero-order valence-electron chi connectivity index (χ0n) is 12.3. The molecular formula is C15H14FN3O2S2. The van der Waals surface area contributed by atoms with E-state index in [1.165, 1.54) is 40.6 Å². The number of hydrogen-bond donors (Lipinski definition) is 1. The van der Waals surface area contributed by atoms with Crippen molar-refractivity contribution >= 4 is 29.4 Å². The highest BCUT2D eigenvalue weighted by atomic mass is 32.2. The van der Waals surface area contributed by atoms with E-state index < -0.39 is 5.91 Å². The van der Waals surface area contributed by atoms with Crippen molar-refractivity contribution in [2.75, 3.05) is 5.75 Å². The Morgan fingerprint density at radius 3 is 2.83 bits per heavy atom. The fourth-order valence-electron chi connectivity index (χ4n) is 2.35. The molecule has 5 nitrogen and oxygen atoms in total. The highest BCUT2D eigenvalue weighted by Gasteiger charge is 2.26. The van der Waals surface area contributed by atoms with Gasteiger partial charge in [-0.15, -0.1) is 11.8 Å². The largest absolute Gasteiger partial charge is 0.369 e. The lowest BCUT2D eigenvalue weighted by Crippen LogP contribution is -2.24. The van der Waals surface area contributed by atoms with Gasteiger partial charge in [0.05, 0.1) is 22.0 Å². The fraction of sp³-hybridized carbons (Fsp3) is 0.267. The molecule has 120 valence electrons. The molecule has 0 saturated carbocycles. The Bertz CT molecular complexity index is 821. The van der Waals surface area contributed by atoms with Crippen molar-refractivity contribution in [1.29, 1.82) is 0 Å². The number of primary amides is 1. The van der Waals surface area contributed by atoms with Crippen LogP contribution in [0.5, 0.6) is 0 Å².